The molecule has 0 radical (unpaired) electrons. The first-order chi connectivity index (χ1) is 12.1. The van der Waals surface area contributed by atoms with Gasteiger partial charge >= 0.3 is 0 Å². The van der Waals surface area contributed by atoms with Gasteiger partial charge in [0.2, 0.25) is 5.91 Å². The van der Waals surface area contributed by atoms with Crippen LogP contribution in [-0.2, 0) is 11.2 Å². The first kappa shape index (κ1) is 17.1. The van der Waals surface area contributed by atoms with Gasteiger partial charge in [0, 0.05) is 18.2 Å². The second-order valence-corrected chi connectivity index (χ2v) is 6.26. The molecule has 2 aromatic carbocycles. The van der Waals surface area contributed by atoms with Crippen LogP contribution >= 0.6 is 0 Å². The van der Waals surface area contributed by atoms with Crippen LogP contribution in [-0.4, -0.2) is 35.8 Å². The van der Waals surface area contributed by atoms with E-state index >= 15 is 0 Å². The normalized spacial score (nSPS) is 16.7. The molecule has 1 saturated heterocycles. The van der Waals surface area contributed by atoms with E-state index in [-0.39, 0.29) is 30.2 Å². The molecule has 0 spiro atoms. The van der Waals surface area contributed by atoms with Crippen molar-refractivity contribution in [3.63, 3.8) is 0 Å². The highest BCUT2D eigenvalue weighted by molar-refractivity contribution is 5.96. The van der Waals surface area contributed by atoms with Gasteiger partial charge in [-0.2, -0.15) is 0 Å². The zero-order valence-corrected chi connectivity index (χ0v) is 14.0. The molecule has 1 heterocycles. The van der Waals surface area contributed by atoms with Crippen molar-refractivity contribution < 1.29 is 14.0 Å². The molecule has 1 aliphatic rings. The van der Waals surface area contributed by atoms with Crippen LogP contribution in [0.2, 0.25) is 0 Å². The highest BCUT2D eigenvalue weighted by Gasteiger charge is 2.28. The van der Waals surface area contributed by atoms with Crippen molar-refractivity contribution in [3.8, 4) is 0 Å². The van der Waals surface area contributed by atoms with Gasteiger partial charge < -0.3 is 10.2 Å². The molecule has 2 amide bonds. The van der Waals surface area contributed by atoms with Crippen LogP contribution in [0, 0.1) is 5.82 Å². The highest BCUT2D eigenvalue weighted by atomic mass is 19.1. The van der Waals surface area contributed by atoms with E-state index in [1.54, 1.807) is 36.4 Å². The summed E-state index contributed by atoms with van der Waals surface area (Å²) in [4.78, 5) is 26.4. The minimum atomic E-state index is -0.258. The Kier molecular flexibility index (Phi) is 5.43. The Hall–Kier alpha value is -2.69. The number of hydrogen-bond acceptors (Lipinski definition) is 2. The minimum Gasteiger partial charge on any atom is -0.343 e. The van der Waals surface area contributed by atoms with Crippen molar-refractivity contribution >= 4 is 11.8 Å². The lowest BCUT2D eigenvalue weighted by Crippen LogP contribution is -2.43. The average Bonchev–Trinajstić information content (AvgIpc) is 3.10. The summed E-state index contributed by atoms with van der Waals surface area (Å²) in [6.07, 6.45) is 2.58. The van der Waals surface area contributed by atoms with Crippen LogP contribution in [0.5, 0.6) is 0 Å². The van der Waals surface area contributed by atoms with Crippen LogP contribution in [0.25, 0.3) is 0 Å². The zero-order chi connectivity index (χ0) is 17.6. The van der Waals surface area contributed by atoms with E-state index in [1.165, 1.54) is 12.1 Å². The number of rotatable bonds is 5. The van der Waals surface area contributed by atoms with E-state index in [4.69, 9.17) is 0 Å². The Morgan fingerprint density at radius 3 is 2.52 bits per heavy atom. The lowest BCUT2D eigenvalue weighted by molar-refractivity contribution is -0.130. The van der Waals surface area contributed by atoms with E-state index in [1.807, 2.05) is 11.0 Å². The molecule has 25 heavy (non-hydrogen) atoms. The van der Waals surface area contributed by atoms with E-state index in [0.29, 0.717) is 18.5 Å². The van der Waals surface area contributed by atoms with Gasteiger partial charge in [0.25, 0.3) is 5.91 Å². The molecule has 1 unspecified atom stereocenters. The summed E-state index contributed by atoms with van der Waals surface area (Å²) in [7, 11) is 0. The number of halogens is 1. The highest BCUT2D eigenvalue weighted by Crippen LogP contribution is 2.21. The van der Waals surface area contributed by atoms with E-state index < -0.39 is 0 Å². The summed E-state index contributed by atoms with van der Waals surface area (Å²) >= 11 is 0. The van der Waals surface area contributed by atoms with Crippen LogP contribution < -0.4 is 5.32 Å². The van der Waals surface area contributed by atoms with Crippen molar-refractivity contribution in [1.82, 2.24) is 10.2 Å². The SMILES string of the molecule is O=C(NCC(=O)N1CCCC1Cc1ccc(F)cc1)c1ccccc1. The standard InChI is InChI=1S/C20H21FN2O2/c21-17-10-8-15(9-11-17)13-18-7-4-12-23(18)19(24)14-22-20(25)16-5-2-1-3-6-16/h1-3,5-6,8-11,18H,4,7,12-14H2,(H,22,25). The number of nitrogens with zero attached hydrogens (tertiary/aromatic N) is 1. The van der Waals surface area contributed by atoms with Gasteiger partial charge in [-0.05, 0) is 49.1 Å². The van der Waals surface area contributed by atoms with Gasteiger partial charge in [-0.1, -0.05) is 30.3 Å². The number of hydrogen-bond donors (Lipinski definition) is 1. The Morgan fingerprint density at radius 1 is 1.08 bits per heavy atom. The third kappa shape index (κ3) is 4.44. The molecule has 2 aromatic rings. The van der Waals surface area contributed by atoms with Crippen LogP contribution in [0.4, 0.5) is 4.39 Å². The third-order valence-corrected chi connectivity index (χ3v) is 4.52. The van der Waals surface area contributed by atoms with Crippen molar-refractivity contribution in [1.29, 1.82) is 0 Å². The largest absolute Gasteiger partial charge is 0.343 e. The lowest BCUT2D eigenvalue weighted by atomic mass is 10.0. The molecule has 1 aliphatic heterocycles. The molecule has 1 fully saturated rings. The fourth-order valence-electron chi connectivity index (χ4n) is 3.22. The fraction of sp³-hybridized carbons (Fsp3) is 0.300. The number of nitrogens with one attached hydrogen (secondary N) is 1. The average molecular weight is 340 g/mol. The quantitative estimate of drug-likeness (QED) is 0.910. The molecular weight excluding hydrogens is 319 g/mol. The van der Waals surface area contributed by atoms with Gasteiger partial charge in [-0.15, -0.1) is 0 Å². The number of carbonyl (C=O) groups is 2. The van der Waals surface area contributed by atoms with Crippen LogP contribution in [0.1, 0.15) is 28.8 Å². The smallest absolute Gasteiger partial charge is 0.251 e. The fourth-order valence-corrected chi connectivity index (χ4v) is 3.22. The molecule has 1 N–H and O–H groups in total. The summed E-state index contributed by atoms with van der Waals surface area (Å²) < 4.78 is 13.0. The second kappa shape index (κ2) is 7.92. The van der Waals surface area contributed by atoms with Crippen molar-refractivity contribution in [2.24, 2.45) is 0 Å². The molecule has 0 aliphatic carbocycles. The van der Waals surface area contributed by atoms with Crippen LogP contribution in [0.3, 0.4) is 0 Å². The van der Waals surface area contributed by atoms with Crippen LogP contribution in [0.15, 0.2) is 54.6 Å². The first-order valence-corrected chi connectivity index (χ1v) is 8.50. The van der Waals surface area contributed by atoms with Gasteiger partial charge in [0.05, 0.1) is 6.54 Å². The molecule has 4 nitrogen and oxygen atoms in total. The Bertz CT molecular complexity index is 731. The summed E-state index contributed by atoms with van der Waals surface area (Å²) in [5, 5.41) is 2.69. The molecule has 0 bridgehead atoms. The molecule has 1 atom stereocenters. The van der Waals surface area contributed by atoms with E-state index in [0.717, 1.165) is 18.4 Å². The summed E-state index contributed by atoms with van der Waals surface area (Å²) in [6, 6.07) is 15.3. The number of amides is 2. The molecule has 0 aromatic heterocycles. The van der Waals surface area contributed by atoms with E-state index in [9.17, 15) is 14.0 Å². The summed E-state index contributed by atoms with van der Waals surface area (Å²) in [5.74, 6) is -0.580. The predicted octanol–water partition coefficient (Wildman–Crippen LogP) is 2.79. The molecule has 5 heteroatoms. The third-order valence-electron chi connectivity index (χ3n) is 4.52. The first-order valence-electron chi connectivity index (χ1n) is 8.50. The molecule has 0 saturated carbocycles. The van der Waals surface area contributed by atoms with Crippen molar-refractivity contribution in [2.45, 2.75) is 25.3 Å². The van der Waals surface area contributed by atoms with E-state index in [2.05, 4.69) is 5.32 Å². The van der Waals surface area contributed by atoms with Gasteiger partial charge in [-0.25, -0.2) is 4.39 Å². The minimum absolute atomic E-state index is 0.00630. The molecule has 3 rings (SSSR count). The summed E-state index contributed by atoms with van der Waals surface area (Å²) in [6.45, 7) is 0.694. The predicted molar refractivity (Wildman–Crippen MR) is 93.6 cm³/mol. The topological polar surface area (TPSA) is 49.4 Å². The maximum atomic E-state index is 13.0. The monoisotopic (exact) mass is 340 g/mol. The maximum Gasteiger partial charge on any atom is 0.251 e. The Morgan fingerprint density at radius 2 is 1.80 bits per heavy atom. The van der Waals surface area contributed by atoms with Gasteiger partial charge in [0.15, 0.2) is 0 Å². The van der Waals surface area contributed by atoms with Crippen molar-refractivity contribution in [2.75, 3.05) is 13.1 Å². The lowest BCUT2D eigenvalue weighted by Gasteiger charge is -2.25. The number of benzene rings is 2. The second-order valence-electron chi connectivity index (χ2n) is 6.26. The Balaban J connectivity index is 1.55. The van der Waals surface area contributed by atoms with Gasteiger partial charge in [-0.3, -0.25) is 9.59 Å². The number of carbonyl (C=O) groups excluding carboxylic acids is 2. The molecular formula is C20H21FN2O2. The van der Waals surface area contributed by atoms with Gasteiger partial charge in [0.1, 0.15) is 5.82 Å². The Labute approximate surface area is 146 Å². The summed E-state index contributed by atoms with van der Waals surface area (Å²) in [5.41, 5.74) is 1.55. The maximum absolute atomic E-state index is 13.0. The molecule has 130 valence electrons. The number of likely N-dealkylation sites (tertiary alicyclic amines) is 1. The zero-order valence-electron chi connectivity index (χ0n) is 14.0. The van der Waals surface area contributed by atoms with Crippen molar-refractivity contribution in [3.05, 3.63) is 71.5 Å².